The lowest BCUT2D eigenvalue weighted by Crippen LogP contribution is -2.19. The van der Waals surface area contributed by atoms with Gasteiger partial charge in [-0.25, -0.2) is 4.39 Å². The van der Waals surface area contributed by atoms with E-state index in [9.17, 15) is 14.0 Å². The minimum Gasteiger partial charge on any atom is -0.365 e. The molecule has 0 fully saturated rings. The van der Waals surface area contributed by atoms with Gasteiger partial charge in [0.05, 0.1) is 11.3 Å². The minimum atomic E-state index is -0.503. The van der Waals surface area contributed by atoms with Gasteiger partial charge in [0, 0.05) is 9.77 Å². The SMILES string of the molecule is NC(=O)c1c(NC(=O)CSc2ccccc2F)sc2c1CCCCC2. The summed E-state index contributed by atoms with van der Waals surface area (Å²) in [5.41, 5.74) is 7.00. The summed E-state index contributed by atoms with van der Waals surface area (Å²) in [6.45, 7) is 0. The molecule has 25 heavy (non-hydrogen) atoms. The second-order valence-corrected chi connectivity index (χ2v) is 8.02. The normalized spacial score (nSPS) is 13.8. The molecule has 4 nitrogen and oxygen atoms in total. The smallest absolute Gasteiger partial charge is 0.251 e. The van der Waals surface area contributed by atoms with E-state index in [4.69, 9.17) is 5.73 Å². The lowest BCUT2D eigenvalue weighted by molar-refractivity contribution is -0.113. The number of hydrogen-bond acceptors (Lipinski definition) is 4. The van der Waals surface area contributed by atoms with E-state index in [0.29, 0.717) is 15.5 Å². The highest BCUT2D eigenvalue weighted by molar-refractivity contribution is 8.00. The van der Waals surface area contributed by atoms with Crippen molar-refractivity contribution in [1.29, 1.82) is 0 Å². The Morgan fingerprint density at radius 2 is 1.96 bits per heavy atom. The van der Waals surface area contributed by atoms with E-state index >= 15 is 0 Å². The number of rotatable bonds is 5. The molecule has 0 spiro atoms. The van der Waals surface area contributed by atoms with Crippen molar-refractivity contribution in [2.75, 3.05) is 11.1 Å². The lowest BCUT2D eigenvalue weighted by atomic mass is 10.1. The van der Waals surface area contributed by atoms with Crippen molar-refractivity contribution in [3.05, 3.63) is 46.1 Å². The van der Waals surface area contributed by atoms with Crippen LogP contribution in [-0.2, 0) is 17.6 Å². The van der Waals surface area contributed by atoms with Crippen LogP contribution in [0, 0.1) is 5.82 Å². The number of hydrogen-bond donors (Lipinski definition) is 2. The maximum atomic E-state index is 13.6. The molecule has 0 saturated carbocycles. The van der Waals surface area contributed by atoms with Crippen molar-refractivity contribution >= 4 is 39.9 Å². The molecule has 0 radical (unpaired) electrons. The molecule has 3 N–H and O–H groups in total. The Balaban J connectivity index is 1.73. The topological polar surface area (TPSA) is 72.2 Å². The molecule has 2 aromatic rings. The number of aryl methyl sites for hydroxylation is 1. The second-order valence-electron chi connectivity index (χ2n) is 5.90. The van der Waals surface area contributed by atoms with Crippen molar-refractivity contribution in [2.24, 2.45) is 5.73 Å². The number of fused-ring (bicyclic) bond motifs is 1. The maximum Gasteiger partial charge on any atom is 0.251 e. The number of primary amides is 1. The monoisotopic (exact) mass is 378 g/mol. The Kier molecular flexibility index (Phi) is 5.75. The maximum absolute atomic E-state index is 13.6. The van der Waals surface area contributed by atoms with Crippen molar-refractivity contribution in [3.8, 4) is 0 Å². The van der Waals surface area contributed by atoms with Crippen LogP contribution < -0.4 is 11.1 Å². The Hall–Kier alpha value is -1.86. The highest BCUT2D eigenvalue weighted by atomic mass is 32.2. The van der Waals surface area contributed by atoms with Gasteiger partial charge in [0.15, 0.2) is 0 Å². The summed E-state index contributed by atoms with van der Waals surface area (Å²) >= 11 is 2.57. The van der Waals surface area contributed by atoms with Crippen LogP contribution >= 0.6 is 23.1 Å². The van der Waals surface area contributed by atoms with Gasteiger partial charge in [-0.15, -0.1) is 23.1 Å². The zero-order valence-electron chi connectivity index (χ0n) is 13.6. The first-order chi connectivity index (χ1) is 12.1. The van der Waals surface area contributed by atoms with Crippen LogP contribution in [0.2, 0.25) is 0 Å². The van der Waals surface area contributed by atoms with Gasteiger partial charge in [-0.05, 0) is 43.4 Å². The van der Waals surface area contributed by atoms with Gasteiger partial charge in [-0.3, -0.25) is 9.59 Å². The average molecular weight is 378 g/mol. The van der Waals surface area contributed by atoms with E-state index in [1.807, 2.05) is 0 Å². The summed E-state index contributed by atoms with van der Waals surface area (Å²) in [4.78, 5) is 25.7. The van der Waals surface area contributed by atoms with Gasteiger partial charge in [0.1, 0.15) is 10.8 Å². The van der Waals surface area contributed by atoms with Crippen LogP contribution in [0.4, 0.5) is 9.39 Å². The number of anilines is 1. The molecule has 0 unspecified atom stereocenters. The van der Waals surface area contributed by atoms with E-state index in [0.717, 1.165) is 54.3 Å². The van der Waals surface area contributed by atoms with E-state index in [1.54, 1.807) is 18.2 Å². The predicted octanol–water partition coefficient (Wildman–Crippen LogP) is 3.99. The number of thioether (sulfide) groups is 1. The predicted molar refractivity (Wildman–Crippen MR) is 99.8 cm³/mol. The number of benzene rings is 1. The fourth-order valence-corrected chi connectivity index (χ4v) is 5.01. The van der Waals surface area contributed by atoms with E-state index in [-0.39, 0.29) is 17.5 Å². The molecule has 0 saturated heterocycles. The Morgan fingerprint density at radius 1 is 1.20 bits per heavy atom. The van der Waals surface area contributed by atoms with Crippen LogP contribution in [0.15, 0.2) is 29.2 Å². The summed E-state index contributed by atoms with van der Waals surface area (Å²) in [6, 6.07) is 6.33. The number of nitrogens with two attached hydrogens (primary N) is 1. The van der Waals surface area contributed by atoms with Crippen LogP contribution in [0.3, 0.4) is 0 Å². The fourth-order valence-electron chi connectivity index (χ4n) is 2.96. The summed E-state index contributed by atoms with van der Waals surface area (Å²) in [5.74, 6) is -1.05. The Labute approximate surface area is 154 Å². The van der Waals surface area contributed by atoms with Crippen LogP contribution in [0.25, 0.3) is 0 Å². The van der Waals surface area contributed by atoms with Gasteiger partial charge >= 0.3 is 0 Å². The number of amides is 2. The minimum absolute atomic E-state index is 0.0711. The summed E-state index contributed by atoms with van der Waals surface area (Å²) in [6.07, 6.45) is 4.99. The van der Waals surface area contributed by atoms with Crippen molar-refractivity contribution in [1.82, 2.24) is 0 Å². The largest absolute Gasteiger partial charge is 0.365 e. The first-order valence-corrected chi connectivity index (χ1v) is 9.98. The van der Waals surface area contributed by atoms with Crippen LogP contribution in [0.5, 0.6) is 0 Å². The Morgan fingerprint density at radius 3 is 2.72 bits per heavy atom. The first-order valence-electron chi connectivity index (χ1n) is 8.17. The van der Waals surface area contributed by atoms with Crippen molar-refractivity contribution in [3.63, 3.8) is 0 Å². The van der Waals surface area contributed by atoms with Gasteiger partial charge in [-0.1, -0.05) is 18.6 Å². The van der Waals surface area contributed by atoms with Gasteiger partial charge in [0.25, 0.3) is 5.91 Å². The van der Waals surface area contributed by atoms with E-state index in [2.05, 4.69) is 5.32 Å². The van der Waals surface area contributed by atoms with E-state index < -0.39 is 5.91 Å². The molecule has 0 aliphatic heterocycles. The molecular weight excluding hydrogens is 359 g/mol. The number of halogens is 1. The van der Waals surface area contributed by atoms with Gasteiger partial charge in [0.2, 0.25) is 5.91 Å². The molecule has 1 aromatic heterocycles. The number of carbonyl (C=O) groups is 2. The first kappa shape index (κ1) is 17.9. The standard InChI is InChI=1S/C18H19FN2O2S2/c19-12-7-4-5-9-14(12)24-10-15(22)21-18-16(17(20)23)11-6-2-1-3-8-13(11)25-18/h4-5,7,9H,1-3,6,8,10H2,(H2,20,23)(H,21,22). The molecule has 7 heteroatoms. The van der Waals surface area contributed by atoms with E-state index in [1.165, 1.54) is 17.4 Å². The number of thiophene rings is 1. The quantitative estimate of drug-likeness (QED) is 0.610. The third kappa shape index (κ3) is 4.22. The summed E-state index contributed by atoms with van der Waals surface area (Å²) < 4.78 is 13.6. The van der Waals surface area contributed by atoms with Gasteiger partial charge in [-0.2, -0.15) is 0 Å². The van der Waals surface area contributed by atoms with Crippen LogP contribution in [0.1, 0.15) is 40.1 Å². The van der Waals surface area contributed by atoms with Crippen molar-refractivity contribution < 1.29 is 14.0 Å². The second kappa shape index (κ2) is 8.01. The molecular formula is C18H19FN2O2S2. The summed E-state index contributed by atoms with van der Waals surface area (Å²) in [5, 5.41) is 3.32. The third-order valence-electron chi connectivity index (χ3n) is 4.12. The molecule has 3 rings (SSSR count). The molecule has 1 aliphatic rings. The highest BCUT2D eigenvalue weighted by Crippen LogP contribution is 2.37. The fraction of sp³-hybridized carbons (Fsp3) is 0.333. The average Bonchev–Trinajstić information content (AvgIpc) is 2.75. The lowest BCUT2D eigenvalue weighted by Gasteiger charge is -2.06. The molecule has 1 aliphatic carbocycles. The molecule has 0 atom stereocenters. The number of nitrogens with one attached hydrogen (secondary N) is 1. The van der Waals surface area contributed by atoms with Gasteiger partial charge < -0.3 is 11.1 Å². The highest BCUT2D eigenvalue weighted by Gasteiger charge is 2.24. The molecule has 2 amide bonds. The third-order valence-corrected chi connectivity index (χ3v) is 6.37. The molecule has 1 aromatic carbocycles. The molecule has 0 bridgehead atoms. The zero-order chi connectivity index (χ0) is 17.8. The zero-order valence-corrected chi connectivity index (χ0v) is 15.3. The van der Waals surface area contributed by atoms with Crippen LogP contribution in [-0.4, -0.2) is 17.6 Å². The molecule has 132 valence electrons. The molecule has 1 heterocycles. The Bertz CT molecular complexity index is 804. The summed E-state index contributed by atoms with van der Waals surface area (Å²) in [7, 11) is 0. The van der Waals surface area contributed by atoms with Crippen molar-refractivity contribution in [2.45, 2.75) is 37.0 Å². The number of carbonyl (C=O) groups excluding carboxylic acids is 2.